The minimum atomic E-state index is 0.382. The van der Waals surface area contributed by atoms with E-state index in [1.54, 1.807) is 4.90 Å². The molecule has 0 aromatic carbocycles. The number of nitrogens with zero attached hydrogens (tertiary/aromatic N) is 8. The lowest BCUT2D eigenvalue weighted by atomic mass is 10.4. The fourth-order valence-corrected chi connectivity index (χ4v) is 1.49. The van der Waals surface area contributed by atoms with E-state index in [-0.39, 0.29) is 0 Å². The molecule has 0 aliphatic heterocycles. The van der Waals surface area contributed by atoms with Crippen LogP contribution in [0.15, 0.2) is 12.7 Å². The first kappa shape index (κ1) is 13.7. The van der Waals surface area contributed by atoms with Gasteiger partial charge in [0.15, 0.2) is 0 Å². The quantitative estimate of drug-likeness (QED) is 0.797. The summed E-state index contributed by atoms with van der Waals surface area (Å²) in [5.41, 5.74) is 0. The molecule has 0 unspecified atom stereocenters. The number of nitrogens with one attached hydrogen (secondary N) is 1. The maximum atomic E-state index is 8.64. The maximum absolute atomic E-state index is 8.64. The van der Waals surface area contributed by atoms with Gasteiger partial charge in [0.2, 0.25) is 11.9 Å². The molecule has 104 valence electrons. The van der Waals surface area contributed by atoms with Crippen LogP contribution in [-0.2, 0) is 0 Å². The van der Waals surface area contributed by atoms with Crippen molar-refractivity contribution >= 4 is 11.9 Å². The molecule has 0 fully saturated rings. The van der Waals surface area contributed by atoms with Crippen LogP contribution in [0.5, 0.6) is 0 Å². The average molecular weight is 273 g/mol. The molecule has 20 heavy (non-hydrogen) atoms. The number of anilines is 2. The van der Waals surface area contributed by atoms with E-state index < -0.39 is 0 Å². The van der Waals surface area contributed by atoms with Gasteiger partial charge in [-0.25, -0.2) is 4.98 Å². The van der Waals surface area contributed by atoms with E-state index in [4.69, 9.17) is 5.26 Å². The highest BCUT2D eigenvalue weighted by Gasteiger charge is 2.11. The summed E-state index contributed by atoms with van der Waals surface area (Å²) in [5, 5.41) is 15.7. The van der Waals surface area contributed by atoms with Crippen LogP contribution in [0, 0.1) is 11.3 Å². The van der Waals surface area contributed by atoms with E-state index in [0.717, 1.165) is 0 Å². The number of hydrogen-bond acceptors (Lipinski definition) is 8. The average Bonchev–Trinajstić information content (AvgIpc) is 2.99. The highest BCUT2D eigenvalue weighted by Crippen LogP contribution is 2.11. The summed E-state index contributed by atoms with van der Waals surface area (Å²) < 4.78 is 1.46. The predicted octanol–water partition coefficient (Wildman–Crippen LogP) is 0.234. The van der Waals surface area contributed by atoms with E-state index in [0.29, 0.717) is 37.4 Å². The fraction of sp³-hybridized carbons (Fsp3) is 0.455. The number of rotatable bonds is 6. The Bertz CT molecular complexity index is 586. The second-order valence-electron chi connectivity index (χ2n) is 3.96. The molecule has 2 aromatic heterocycles. The molecule has 0 aliphatic carbocycles. The Morgan fingerprint density at radius 1 is 1.40 bits per heavy atom. The highest BCUT2D eigenvalue weighted by molar-refractivity contribution is 5.39. The molecule has 2 aromatic rings. The molecule has 0 saturated carbocycles. The van der Waals surface area contributed by atoms with Crippen molar-refractivity contribution in [2.75, 3.05) is 30.4 Å². The fourth-order valence-electron chi connectivity index (χ4n) is 1.49. The third kappa shape index (κ3) is 3.17. The minimum absolute atomic E-state index is 0.382. The Hall–Kier alpha value is -2.76. The van der Waals surface area contributed by atoms with Crippen LogP contribution in [-0.4, -0.2) is 49.9 Å². The van der Waals surface area contributed by atoms with Gasteiger partial charge in [-0.2, -0.15) is 30.0 Å². The van der Waals surface area contributed by atoms with Crippen LogP contribution in [0.25, 0.3) is 5.95 Å². The molecule has 0 amide bonds. The summed E-state index contributed by atoms with van der Waals surface area (Å²) in [6, 6.07) is 2.09. The van der Waals surface area contributed by atoms with E-state index in [9.17, 15) is 0 Å². The normalized spacial score (nSPS) is 10.1. The van der Waals surface area contributed by atoms with Crippen LogP contribution >= 0.6 is 0 Å². The molecule has 9 nitrogen and oxygen atoms in total. The van der Waals surface area contributed by atoms with Gasteiger partial charge in [0.05, 0.1) is 12.5 Å². The van der Waals surface area contributed by atoms with Crippen molar-refractivity contribution in [1.82, 2.24) is 29.7 Å². The zero-order valence-electron chi connectivity index (χ0n) is 11.4. The lowest BCUT2D eigenvalue weighted by molar-refractivity contribution is 0.773. The van der Waals surface area contributed by atoms with Crippen LogP contribution < -0.4 is 10.2 Å². The van der Waals surface area contributed by atoms with Gasteiger partial charge in [-0.15, -0.1) is 0 Å². The van der Waals surface area contributed by atoms with E-state index >= 15 is 0 Å². The third-order valence-corrected chi connectivity index (χ3v) is 2.47. The second-order valence-corrected chi connectivity index (χ2v) is 3.96. The summed E-state index contributed by atoms with van der Waals surface area (Å²) in [4.78, 5) is 18.6. The van der Waals surface area contributed by atoms with Crippen molar-refractivity contribution < 1.29 is 0 Å². The molecule has 0 bridgehead atoms. The van der Waals surface area contributed by atoms with Gasteiger partial charge in [-0.3, -0.25) is 0 Å². The molecular weight excluding hydrogens is 258 g/mol. The molecule has 2 heterocycles. The van der Waals surface area contributed by atoms with Gasteiger partial charge in [-0.1, -0.05) is 0 Å². The van der Waals surface area contributed by atoms with Crippen molar-refractivity contribution in [2.45, 2.75) is 13.3 Å². The first-order chi connectivity index (χ1) is 9.74. The molecule has 0 aliphatic rings. The van der Waals surface area contributed by atoms with Gasteiger partial charge < -0.3 is 10.2 Å². The molecule has 0 saturated heterocycles. The molecule has 0 radical (unpaired) electrons. The standard InChI is InChI=1S/C11H15N9/c1-3-14-9-16-10(19(2)6-4-5-12)18-11(17-9)20-8-13-7-15-20/h7-8H,3-4,6H2,1-2H3,(H,14,16,17,18). The highest BCUT2D eigenvalue weighted by atomic mass is 15.4. The van der Waals surface area contributed by atoms with Crippen molar-refractivity contribution in [3.63, 3.8) is 0 Å². The Kier molecular flexibility index (Phi) is 4.39. The smallest absolute Gasteiger partial charge is 0.258 e. The molecule has 0 atom stereocenters. The Labute approximate surface area is 116 Å². The molecule has 2 rings (SSSR count). The van der Waals surface area contributed by atoms with Gasteiger partial charge >= 0.3 is 0 Å². The maximum Gasteiger partial charge on any atom is 0.258 e. The molecular formula is C11H15N9. The first-order valence-corrected chi connectivity index (χ1v) is 6.17. The van der Waals surface area contributed by atoms with Crippen LogP contribution in [0.3, 0.4) is 0 Å². The van der Waals surface area contributed by atoms with Gasteiger partial charge in [0.25, 0.3) is 5.95 Å². The zero-order chi connectivity index (χ0) is 14.4. The Balaban J connectivity index is 2.33. The number of nitriles is 1. The Morgan fingerprint density at radius 2 is 2.25 bits per heavy atom. The van der Waals surface area contributed by atoms with Crippen LogP contribution in [0.1, 0.15) is 13.3 Å². The van der Waals surface area contributed by atoms with E-state index in [1.807, 2.05) is 14.0 Å². The van der Waals surface area contributed by atoms with Gasteiger partial charge in [0.1, 0.15) is 12.7 Å². The third-order valence-electron chi connectivity index (χ3n) is 2.47. The van der Waals surface area contributed by atoms with Crippen LogP contribution in [0.4, 0.5) is 11.9 Å². The summed E-state index contributed by atoms with van der Waals surface area (Å²) in [6.07, 6.45) is 3.33. The largest absolute Gasteiger partial charge is 0.354 e. The predicted molar refractivity (Wildman–Crippen MR) is 72.4 cm³/mol. The summed E-state index contributed by atoms with van der Waals surface area (Å²) in [6.45, 7) is 3.20. The summed E-state index contributed by atoms with van der Waals surface area (Å²) >= 11 is 0. The molecule has 9 heteroatoms. The van der Waals surface area contributed by atoms with Crippen molar-refractivity contribution in [1.29, 1.82) is 5.26 Å². The van der Waals surface area contributed by atoms with E-state index in [2.05, 4.69) is 36.4 Å². The topological polar surface area (TPSA) is 108 Å². The molecule has 1 N–H and O–H groups in total. The number of hydrogen-bond donors (Lipinski definition) is 1. The number of aromatic nitrogens is 6. The van der Waals surface area contributed by atoms with Crippen molar-refractivity contribution in [3.8, 4) is 12.0 Å². The van der Waals surface area contributed by atoms with Crippen molar-refractivity contribution in [3.05, 3.63) is 12.7 Å². The lowest BCUT2D eigenvalue weighted by Gasteiger charge is -2.16. The monoisotopic (exact) mass is 273 g/mol. The van der Waals surface area contributed by atoms with Crippen molar-refractivity contribution in [2.24, 2.45) is 0 Å². The van der Waals surface area contributed by atoms with E-state index in [1.165, 1.54) is 17.3 Å². The lowest BCUT2D eigenvalue weighted by Crippen LogP contribution is -2.23. The Morgan fingerprint density at radius 3 is 2.90 bits per heavy atom. The van der Waals surface area contributed by atoms with Crippen LogP contribution in [0.2, 0.25) is 0 Å². The minimum Gasteiger partial charge on any atom is -0.354 e. The van der Waals surface area contributed by atoms with Gasteiger partial charge in [0, 0.05) is 20.1 Å². The zero-order valence-corrected chi connectivity index (χ0v) is 11.4. The molecule has 0 spiro atoms. The SMILES string of the molecule is CCNc1nc(N(C)CCC#N)nc(-n2cncn2)n1. The second kappa shape index (κ2) is 6.42. The summed E-state index contributed by atoms with van der Waals surface area (Å²) in [5.74, 6) is 1.33. The first-order valence-electron chi connectivity index (χ1n) is 6.17. The summed E-state index contributed by atoms with van der Waals surface area (Å²) in [7, 11) is 1.83. The van der Waals surface area contributed by atoms with Gasteiger partial charge in [-0.05, 0) is 6.92 Å².